The second kappa shape index (κ2) is 10.1. The molecule has 0 saturated carbocycles. The van der Waals surface area contributed by atoms with Crippen molar-refractivity contribution in [2.45, 2.75) is 31.2 Å². The molecule has 3 N–H and O–H groups in total. The summed E-state index contributed by atoms with van der Waals surface area (Å²) in [6, 6.07) is 12.7. The van der Waals surface area contributed by atoms with E-state index in [1.54, 1.807) is 18.2 Å². The number of primary sulfonamides is 1. The zero-order valence-electron chi connectivity index (χ0n) is 16.8. The molecule has 29 heavy (non-hydrogen) atoms. The number of morpholine rings is 1. The van der Waals surface area contributed by atoms with Crippen molar-refractivity contribution in [1.29, 1.82) is 0 Å². The number of unbranched alkanes of at least 4 members (excludes halogenated alkanes) is 1. The van der Waals surface area contributed by atoms with Gasteiger partial charge in [-0.25, -0.2) is 13.6 Å². The molecule has 0 amide bonds. The van der Waals surface area contributed by atoms with E-state index in [0.29, 0.717) is 37.7 Å². The van der Waals surface area contributed by atoms with Gasteiger partial charge in [0.05, 0.1) is 18.9 Å². The first-order chi connectivity index (χ1) is 14.0. The van der Waals surface area contributed by atoms with Gasteiger partial charge in [-0.1, -0.05) is 31.5 Å². The monoisotopic (exact) mass is 419 g/mol. The molecule has 8 heteroatoms. The molecule has 7 nitrogen and oxygen atoms in total. The van der Waals surface area contributed by atoms with Crippen molar-refractivity contribution in [3.63, 3.8) is 0 Å². The molecule has 0 aromatic heterocycles. The Balaban J connectivity index is 2.00. The van der Waals surface area contributed by atoms with Crippen LogP contribution in [0.5, 0.6) is 11.5 Å². The standard InChI is InChI=1S/C21H29N3O4S/c1-2-3-9-23-19-14-17(16-24-10-12-27-13-11-24)15-20(29(22,25)26)21(19)28-18-7-5-4-6-8-18/h4-8,14-15,23H,2-3,9-13,16H2,1H3,(H2,22,25,26). The number of nitrogens with one attached hydrogen (secondary N) is 1. The average molecular weight is 420 g/mol. The normalized spacial score (nSPS) is 15.2. The maximum absolute atomic E-state index is 12.4. The minimum atomic E-state index is -3.98. The maximum atomic E-state index is 12.4. The van der Waals surface area contributed by atoms with Crippen molar-refractivity contribution in [2.24, 2.45) is 5.14 Å². The molecule has 1 saturated heterocycles. The lowest BCUT2D eigenvalue weighted by Crippen LogP contribution is -2.35. The molecule has 1 aliphatic rings. The second-order valence-corrected chi connectivity index (χ2v) is 8.63. The third kappa shape index (κ3) is 6.17. The van der Waals surface area contributed by atoms with Gasteiger partial charge < -0.3 is 14.8 Å². The summed E-state index contributed by atoms with van der Waals surface area (Å²) in [7, 11) is -3.98. The van der Waals surface area contributed by atoms with Crippen LogP contribution in [0.4, 0.5) is 5.69 Å². The predicted molar refractivity (Wildman–Crippen MR) is 114 cm³/mol. The van der Waals surface area contributed by atoms with Gasteiger partial charge in [0.25, 0.3) is 0 Å². The Labute approximate surface area is 172 Å². The molecule has 1 heterocycles. The third-order valence-corrected chi connectivity index (χ3v) is 5.66. The summed E-state index contributed by atoms with van der Waals surface area (Å²) in [6.07, 6.45) is 1.99. The summed E-state index contributed by atoms with van der Waals surface area (Å²) in [5.74, 6) is 0.789. The predicted octanol–water partition coefficient (Wildman–Crippen LogP) is 3.17. The summed E-state index contributed by atoms with van der Waals surface area (Å²) >= 11 is 0. The number of sulfonamides is 1. The first-order valence-electron chi connectivity index (χ1n) is 9.94. The van der Waals surface area contributed by atoms with Crippen LogP contribution in [0.3, 0.4) is 0 Å². The molecule has 0 radical (unpaired) electrons. The molecule has 0 aliphatic carbocycles. The molecule has 1 aliphatic heterocycles. The van der Waals surface area contributed by atoms with E-state index >= 15 is 0 Å². The summed E-state index contributed by atoms with van der Waals surface area (Å²) < 4.78 is 36.2. The fourth-order valence-electron chi connectivity index (χ4n) is 3.22. The van der Waals surface area contributed by atoms with Gasteiger partial charge in [0.15, 0.2) is 5.75 Å². The molecular weight excluding hydrogens is 390 g/mol. The third-order valence-electron chi connectivity index (χ3n) is 4.74. The van der Waals surface area contributed by atoms with Crippen molar-refractivity contribution < 1.29 is 17.9 Å². The van der Waals surface area contributed by atoms with Crippen molar-refractivity contribution in [2.75, 3.05) is 38.2 Å². The molecule has 3 rings (SSSR count). The van der Waals surface area contributed by atoms with Crippen molar-refractivity contribution in [1.82, 2.24) is 4.90 Å². The summed E-state index contributed by atoms with van der Waals surface area (Å²) in [4.78, 5) is 2.23. The van der Waals surface area contributed by atoms with E-state index in [9.17, 15) is 8.42 Å². The number of nitrogens with two attached hydrogens (primary N) is 1. The van der Waals surface area contributed by atoms with E-state index in [0.717, 1.165) is 31.5 Å². The van der Waals surface area contributed by atoms with E-state index in [-0.39, 0.29) is 10.6 Å². The van der Waals surface area contributed by atoms with Crippen molar-refractivity contribution in [3.8, 4) is 11.5 Å². The zero-order chi connectivity index (χ0) is 20.7. The molecule has 0 atom stereocenters. The Morgan fingerprint density at radius 3 is 2.55 bits per heavy atom. The molecule has 0 unspecified atom stereocenters. The smallest absolute Gasteiger partial charge is 0.241 e. The van der Waals surface area contributed by atoms with Crippen LogP contribution in [-0.4, -0.2) is 46.2 Å². The lowest BCUT2D eigenvalue weighted by molar-refractivity contribution is 0.0341. The van der Waals surface area contributed by atoms with Crippen molar-refractivity contribution >= 4 is 15.7 Å². The number of hydrogen-bond donors (Lipinski definition) is 2. The second-order valence-electron chi connectivity index (χ2n) is 7.10. The Morgan fingerprint density at radius 2 is 1.90 bits per heavy atom. The molecule has 0 bridgehead atoms. The zero-order valence-corrected chi connectivity index (χ0v) is 17.6. The maximum Gasteiger partial charge on any atom is 0.241 e. The van der Waals surface area contributed by atoms with Gasteiger partial charge >= 0.3 is 0 Å². The molecule has 1 fully saturated rings. The highest BCUT2D eigenvalue weighted by atomic mass is 32.2. The molecule has 2 aromatic rings. The number of ether oxygens (including phenoxy) is 2. The fourth-order valence-corrected chi connectivity index (χ4v) is 3.95. The van der Waals surface area contributed by atoms with E-state index in [2.05, 4.69) is 17.1 Å². The average Bonchev–Trinajstić information content (AvgIpc) is 2.70. The van der Waals surface area contributed by atoms with E-state index in [4.69, 9.17) is 14.6 Å². The lowest BCUT2D eigenvalue weighted by atomic mass is 10.1. The Bertz CT molecular complexity index is 898. The number of rotatable bonds is 9. The highest BCUT2D eigenvalue weighted by Crippen LogP contribution is 2.37. The first-order valence-corrected chi connectivity index (χ1v) is 11.5. The number of anilines is 1. The van der Waals surface area contributed by atoms with Gasteiger partial charge in [-0.3, -0.25) is 4.90 Å². The Morgan fingerprint density at radius 1 is 1.17 bits per heavy atom. The number of benzene rings is 2. The number of nitrogens with zero attached hydrogens (tertiary/aromatic N) is 1. The minimum Gasteiger partial charge on any atom is -0.454 e. The van der Waals surface area contributed by atoms with Crippen LogP contribution in [0.25, 0.3) is 0 Å². The van der Waals surface area contributed by atoms with Crippen LogP contribution >= 0.6 is 0 Å². The summed E-state index contributed by atoms with van der Waals surface area (Å²) in [5.41, 5.74) is 1.51. The number of hydrogen-bond acceptors (Lipinski definition) is 6. The molecule has 158 valence electrons. The van der Waals surface area contributed by atoms with Gasteiger partial charge in [0.2, 0.25) is 10.0 Å². The first kappa shape index (κ1) is 21.6. The molecule has 2 aromatic carbocycles. The summed E-state index contributed by atoms with van der Waals surface area (Å²) in [5, 5.41) is 8.90. The fraction of sp³-hybridized carbons (Fsp3) is 0.429. The highest BCUT2D eigenvalue weighted by Gasteiger charge is 2.22. The van der Waals surface area contributed by atoms with Crippen LogP contribution in [0.15, 0.2) is 47.4 Å². The van der Waals surface area contributed by atoms with E-state index in [1.807, 2.05) is 24.3 Å². The molecule has 0 spiro atoms. The number of para-hydroxylation sites is 1. The van der Waals surface area contributed by atoms with Crippen LogP contribution in [0.2, 0.25) is 0 Å². The van der Waals surface area contributed by atoms with Gasteiger partial charge in [-0.15, -0.1) is 0 Å². The quantitative estimate of drug-likeness (QED) is 0.607. The van der Waals surface area contributed by atoms with Gasteiger partial charge in [-0.05, 0) is 36.2 Å². The van der Waals surface area contributed by atoms with Crippen molar-refractivity contribution in [3.05, 3.63) is 48.0 Å². The lowest BCUT2D eigenvalue weighted by Gasteiger charge is -2.27. The SMILES string of the molecule is CCCCNc1cc(CN2CCOCC2)cc(S(N)(=O)=O)c1Oc1ccccc1. The Kier molecular flexibility index (Phi) is 7.49. The highest BCUT2D eigenvalue weighted by molar-refractivity contribution is 7.89. The van der Waals surface area contributed by atoms with E-state index in [1.165, 1.54) is 0 Å². The van der Waals surface area contributed by atoms with Crippen LogP contribution < -0.4 is 15.2 Å². The molecular formula is C21H29N3O4S. The summed E-state index contributed by atoms with van der Waals surface area (Å²) in [6.45, 7) is 6.43. The van der Waals surface area contributed by atoms with Crippen LogP contribution in [0, 0.1) is 0 Å². The van der Waals surface area contributed by atoms with Gasteiger partial charge in [-0.2, -0.15) is 0 Å². The largest absolute Gasteiger partial charge is 0.454 e. The van der Waals surface area contributed by atoms with Gasteiger partial charge in [0.1, 0.15) is 10.6 Å². The minimum absolute atomic E-state index is 0.00823. The van der Waals surface area contributed by atoms with Crippen LogP contribution in [0.1, 0.15) is 25.3 Å². The topological polar surface area (TPSA) is 93.9 Å². The van der Waals surface area contributed by atoms with Gasteiger partial charge in [0, 0.05) is 26.2 Å². The van der Waals surface area contributed by atoms with Crippen LogP contribution in [-0.2, 0) is 21.3 Å². The Hall–Kier alpha value is -2.13. The van der Waals surface area contributed by atoms with E-state index < -0.39 is 10.0 Å².